The van der Waals surface area contributed by atoms with Crippen molar-refractivity contribution in [3.63, 3.8) is 0 Å². The van der Waals surface area contributed by atoms with Crippen LogP contribution in [0.3, 0.4) is 0 Å². The van der Waals surface area contributed by atoms with Crippen LogP contribution in [0.5, 0.6) is 0 Å². The van der Waals surface area contributed by atoms with Gasteiger partial charge in [-0.3, -0.25) is 0 Å². The third kappa shape index (κ3) is 5.89. The summed E-state index contributed by atoms with van der Waals surface area (Å²) in [4.78, 5) is 4.97. The monoisotopic (exact) mass is 511 g/mol. The number of halogens is 10. The molecule has 1 N–H and O–H groups in total. The molecular weight excluding hydrogens is 501 g/mol. The van der Waals surface area contributed by atoms with E-state index in [1.807, 2.05) is 0 Å². The van der Waals surface area contributed by atoms with Gasteiger partial charge in [0, 0.05) is 23.2 Å². The van der Waals surface area contributed by atoms with Gasteiger partial charge in [0.15, 0.2) is 5.82 Å². The van der Waals surface area contributed by atoms with Gasteiger partial charge in [-0.2, -0.15) is 0 Å². The summed E-state index contributed by atoms with van der Waals surface area (Å²) in [5, 5.41) is 2.24. The largest absolute Gasteiger partial charge is 0.324 e. The molecule has 170 valence electrons. The summed E-state index contributed by atoms with van der Waals surface area (Å²) in [6, 6.07) is 3.60. The first-order chi connectivity index (χ1) is 13.7. The Morgan fingerprint density at radius 1 is 0.903 bits per heavy atom. The van der Waals surface area contributed by atoms with Crippen LogP contribution in [0.1, 0.15) is 5.56 Å². The van der Waals surface area contributed by atoms with Crippen molar-refractivity contribution in [2.75, 3.05) is 5.32 Å². The molecule has 0 aliphatic heterocycles. The van der Waals surface area contributed by atoms with Crippen LogP contribution < -0.4 is 5.32 Å². The molecule has 2 aromatic carbocycles. The first-order valence-electron chi connectivity index (χ1n) is 7.85. The minimum absolute atomic E-state index is 0. The highest BCUT2D eigenvalue weighted by Gasteiger charge is 2.65. The maximum Gasteiger partial charge on any atom is 0.310 e. The molecule has 0 radical (unpaired) electrons. The minimum atomic E-state index is -10.0. The zero-order chi connectivity index (χ0) is 22.4. The standard InChI is InChI=1S/C17H10ClF8N3S.ClH/c18-7-9-3-11(6-12(4-9)30(22,23,24,25)26)28-17-27-8-15(21)16(29-17)13-2-1-10(19)5-14(13)20;/h1-6,8H,7H2,(H,27,28,29);1H. The van der Waals surface area contributed by atoms with Gasteiger partial charge < -0.3 is 5.32 Å². The Kier molecular flexibility index (Phi) is 6.18. The normalized spacial score (nSPS) is 13.7. The number of benzene rings is 2. The van der Waals surface area contributed by atoms with Gasteiger partial charge >= 0.3 is 10.2 Å². The first kappa shape index (κ1) is 25.0. The van der Waals surface area contributed by atoms with Gasteiger partial charge in [0.05, 0.1) is 6.20 Å². The van der Waals surface area contributed by atoms with E-state index in [2.05, 4.69) is 15.3 Å². The van der Waals surface area contributed by atoms with Gasteiger partial charge in [0.25, 0.3) is 0 Å². The van der Waals surface area contributed by atoms with Gasteiger partial charge in [0.2, 0.25) is 5.95 Å². The van der Waals surface area contributed by atoms with Gasteiger partial charge in [-0.25, -0.2) is 23.1 Å². The fraction of sp³-hybridized carbons (Fsp3) is 0.0588. The highest BCUT2D eigenvalue weighted by atomic mass is 35.5. The van der Waals surface area contributed by atoms with E-state index in [1.54, 1.807) is 0 Å². The lowest BCUT2D eigenvalue weighted by Gasteiger charge is -2.40. The van der Waals surface area contributed by atoms with Gasteiger partial charge in [-0.05, 0) is 35.9 Å². The Hall–Kier alpha value is -2.31. The summed E-state index contributed by atoms with van der Waals surface area (Å²) in [7, 11) is -10.0. The summed E-state index contributed by atoms with van der Waals surface area (Å²) in [5.41, 5.74) is -1.85. The van der Waals surface area contributed by atoms with Crippen molar-refractivity contribution in [2.24, 2.45) is 0 Å². The minimum Gasteiger partial charge on any atom is -0.324 e. The zero-order valence-corrected chi connectivity index (χ0v) is 17.3. The Labute approximate surface area is 181 Å². The van der Waals surface area contributed by atoms with Crippen LogP contribution in [0.4, 0.5) is 44.2 Å². The van der Waals surface area contributed by atoms with E-state index in [0.717, 1.165) is 18.2 Å². The Balaban J connectivity index is 0.00000341. The lowest BCUT2D eigenvalue weighted by Crippen LogP contribution is -2.08. The van der Waals surface area contributed by atoms with Crippen LogP contribution in [-0.4, -0.2) is 9.97 Å². The van der Waals surface area contributed by atoms with Crippen molar-refractivity contribution in [1.82, 2.24) is 9.97 Å². The number of hydrogen-bond acceptors (Lipinski definition) is 3. The van der Waals surface area contributed by atoms with E-state index in [1.165, 1.54) is 0 Å². The van der Waals surface area contributed by atoms with E-state index in [0.29, 0.717) is 12.3 Å². The molecule has 14 heteroatoms. The van der Waals surface area contributed by atoms with Crippen molar-refractivity contribution >= 4 is 45.9 Å². The quantitative estimate of drug-likeness (QED) is 0.277. The van der Waals surface area contributed by atoms with E-state index in [-0.39, 0.29) is 30.1 Å². The molecule has 0 unspecified atom stereocenters. The molecule has 0 bridgehead atoms. The second-order valence-corrected chi connectivity index (χ2v) is 8.78. The van der Waals surface area contributed by atoms with Crippen LogP contribution in [0.2, 0.25) is 0 Å². The van der Waals surface area contributed by atoms with Crippen molar-refractivity contribution in [2.45, 2.75) is 10.8 Å². The maximum absolute atomic E-state index is 14.0. The van der Waals surface area contributed by atoms with E-state index in [9.17, 15) is 32.6 Å². The van der Waals surface area contributed by atoms with Crippen molar-refractivity contribution in [3.8, 4) is 11.3 Å². The molecule has 0 aliphatic carbocycles. The fourth-order valence-electron chi connectivity index (χ4n) is 2.46. The second-order valence-electron chi connectivity index (χ2n) is 6.11. The van der Waals surface area contributed by atoms with Crippen LogP contribution in [0, 0.1) is 17.5 Å². The molecule has 31 heavy (non-hydrogen) atoms. The molecule has 3 aromatic rings. The molecule has 3 nitrogen and oxygen atoms in total. The molecule has 0 saturated heterocycles. The third-order valence-electron chi connectivity index (χ3n) is 3.75. The summed E-state index contributed by atoms with van der Waals surface area (Å²) in [6.45, 7) is 0. The van der Waals surface area contributed by atoms with Crippen LogP contribution in [0.15, 0.2) is 47.5 Å². The number of rotatable bonds is 5. The van der Waals surface area contributed by atoms with E-state index in [4.69, 9.17) is 11.6 Å². The number of nitrogens with one attached hydrogen (secondary N) is 1. The van der Waals surface area contributed by atoms with Gasteiger partial charge in [-0.15, -0.1) is 24.0 Å². The molecule has 0 atom stereocenters. The molecule has 0 saturated carbocycles. The SMILES string of the molecule is Cl.Fc1ccc(-c2nc(Nc3cc(CCl)cc(S(F)(F)(F)(F)F)c3)ncc2F)c(F)c1. The number of anilines is 2. The number of alkyl halides is 1. The summed E-state index contributed by atoms with van der Waals surface area (Å²) >= 11 is 5.49. The summed E-state index contributed by atoms with van der Waals surface area (Å²) in [6.07, 6.45) is 0.588. The number of aromatic nitrogens is 2. The second kappa shape index (κ2) is 7.68. The predicted molar refractivity (Wildman–Crippen MR) is 105 cm³/mol. The summed E-state index contributed by atoms with van der Waals surface area (Å²) < 4.78 is 107. The molecule has 1 aromatic heterocycles. The van der Waals surface area contributed by atoms with Crippen LogP contribution in [-0.2, 0) is 5.88 Å². The Bertz CT molecular complexity index is 1140. The Morgan fingerprint density at radius 2 is 1.58 bits per heavy atom. The number of nitrogens with zero attached hydrogens (tertiary/aromatic N) is 2. The lowest BCUT2D eigenvalue weighted by molar-refractivity contribution is 0.364. The average molecular weight is 512 g/mol. The average Bonchev–Trinajstić information content (AvgIpc) is 2.61. The van der Waals surface area contributed by atoms with Crippen LogP contribution in [0.25, 0.3) is 11.3 Å². The van der Waals surface area contributed by atoms with E-state index < -0.39 is 61.3 Å². The topological polar surface area (TPSA) is 37.8 Å². The van der Waals surface area contributed by atoms with Crippen molar-refractivity contribution in [3.05, 3.63) is 65.6 Å². The molecule has 0 amide bonds. The zero-order valence-electron chi connectivity index (χ0n) is 14.9. The molecule has 1 heterocycles. The molecule has 0 fully saturated rings. The summed E-state index contributed by atoms with van der Waals surface area (Å²) in [5.74, 6) is -4.20. The van der Waals surface area contributed by atoms with Crippen molar-refractivity contribution < 1.29 is 32.6 Å². The number of hydrogen-bond donors (Lipinski definition) is 1. The van der Waals surface area contributed by atoms with Gasteiger partial charge in [0.1, 0.15) is 22.2 Å². The predicted octanol–water partition coefficient (Wildman–Crippen LogP) is 8.12. The molecular formula is C17H11Cl2F8N3S. The maximum atomic E-state index is 14.0. The van der Waals surface area contributed by atoms with Crippen LogP contribution >= 0.6 is 34.2 Å². The molecule has 3 rings (SSSR count). The lowest BCUT2D eigenvalue weighted by atomic mass is 10.1. The smallest absolute Gasteiger partial charge is 0.310 e. The fourth-order valence-corrected chi connectivity index (χ4v) is 3.34. The van der Waals surface area contributed by atoms with Gasteiger partial charge in [-0.1, -0.05) is 19.4 Å². The van der Waals surface area contributed by atoms with Crippen molar-refractivity contribution in [1.29, 1.82) is 0 Å². The Morgan fingerprint density at radius 3 is 2.16 bits per heavy atom. The molecule has 0 aliphatic rings. The first-order valence-corrected chi connectivity index (χ1v) is 10.3. The highest BCUT2D eigenvalue weighted by molar-refractivity contribution is 8.45. The molecule has 0 spiro atoms. The third-order valence-corrected chi connectivity index (χ3v) is 5.19. The highest BCUT2D eigenvalue weighted by Crippen LogP contribution is 3.02. The van der Waals surface area contributed by atoms with E-state index >= 15 is 0 Å².